The number of aromatic nitrogens is 4. The van der Waals surface area contributed by atoms with Crippen LogP contribution in [0.3, 0.4) is 0 Å². The number of nitrogens with one attached hydrogen (secondary N) is 1. The Morgan fingerprint density at radius 2 is 1.94 bits per heavy atom. The third-order valence-electron chi connectivity index (χ3n) is 5.11. The molecular weight excluding hydrogens is 460 g/mol. The van der Waals surface area contributed by atoms with Gasteiger partial charge in [0.2, 0.25) is 5.91 Å². The van der Waals surface area contributed by atoms with Crippen molar-refractivity contribution in [3.05, 3.63) is 20.8 Å². The zero-order valence-electron chi connectivity index (χ0n) is 18.1. The quantitative estimate of drug-likeness (QED) is 0.364. The van der Waals surface area contributed by atoms with E-state index in [2.05, 4.69) is 14.6 Å². The van der Waals surface area contributed by atoms with E-state index >= 15 is 0 Å². The van der Waals surface area contributed by atoms with E-state index in [1.54, 1.807) is 4.57 Å². The molecule has 178 valence electrons. The molecular formula is C18H28N6O6S2. The van der Waals surface area contributed by atoms with E-state index < -0.39 is 22.2 Å². The van der Waals surface area contributed by atoms with Crippen LogP contribution in [0, 0.1) is 0 Å². The van der Waals surface area contributed by atoms with Crippen LogP contribution in [-0.4, -0.2) is 89.8 Å². The first-order chi connectivity index (χ1) is 15.3. The number of ether oxygens (including phenoxy) is 1. The van der Waals surface area contributed by atoms with Crippen molar-refractivity contribution < 1.29 is 18.8 Å². The molecule has 0 saturated carbocycles. The number of fused-ring (bicyclic) bond motifs is 1. The molecule has 0 radical (unpaired) electrons. The van der Waals surface area contributed by atoms with Crippen molar-refractivity contribution in [2.75, 3.05) is 51.0 Å². The minimum Gasteiger partial charge on any atom is -0.395 e. The van der Waals surface area contributed by atoms with Crippen LogP contribution in [0.1, 0.15) is 6.42 Å². The summed E-state index contributed by atoms with van der Waals surface area (Å²) in [5, 5.41) is 9.85. The average Bonchev–Trinajstić information content (AvgIpc) is 3.14. The SMILES string of the molecule is Cn1c(=O)c2nc(SCCC(=O)NS(=O)CCN3CCOCC3)n(CCO)c2n(C)c1=O. The molecule has 1 saturated heterocycles. The van der Waals surface area contributed by atoms with E-state index in [9.17, 15) is 23.7 Å². The van der Waals surface area contributed by atoms with Gasteiger partial charge in [0, 0.05) is 52.4 Å². The number of aliphatic hydroxyl groups is 1. The van der Waals surface area contributed by atoms with Gasteiger partial charge < -0.3 is 14.4 Å². The van der Waals surface area contributed by atoms with Crippen LogP contribution in [0.15, 0.2) is 14.7 Å². The van der Waals surface area contributed by atoms with Gasteiger partial charge in [0.25, 0.3) is 5.56 Å². The van der Waals surface area contributed by atoms with Crippen LogP contribution in [0.4, 0.5) is 0 Å². The maximum atomic E-state index is 12.4. The lowest BCUT2D eigenvalue weighted by molar-refractivity contribution is -0.118. The lowest BCUT2D eigenvalue weighted by Crippen LogP contribution is -2.40. The molecule has 1 amide bonds. The van der Waals surface area contributed by atoms with Crippen LogP contribution in [0.2, 0.25) is 0 Å². The molecule has 2 aromatic heterocycles. The van der Waals surface area contributed by atoms with Gasteiger partial charge in [0.1, 0.15) is 11.0 Å². The van der Waals surface area contributed by atoms with E-state index in [1.807, 2.05) is 0 Å². The smallest absolute Gasteiger partial charge is 0.332 e. The van der Waals surface area contributed by atoms with Gasteiger partial charge in [0.05, 0.1) is 25.6 Å². The second kappa shape index (κ2) is 11.2. The molecule has 0 bridgehead atoms. The topological polar surface area (TPSA) is 141 Å². The number of amides is 1. The second-order valence-corrected chi connectivity index (χ2v) is 9.64. The minimum atomic E-state index is -1.46. The summed E-state index contributed by atoms with van der Waals surface area (Å²) in [7, 11) is 1.46. The summed E-state index contributed by atoms with van der Waals surface area (Å²) < 4.78 is 23.8. The monoisotopic (exact) mass is 488 g/mol. The summed E-state index contributed by atoms with van der Waals surface area (Å²) >= 11 is 1.23. The molecule has 12 nitrogen and oxygen atoms in total. The predicted octanol–water partition coefficient (Wildman–Crippen LogP) is -1.98. The highest BCUT2D eigenvalue weighted by Crippen LogP contribution is 2.22. The molecule has 1 aliphatic rings. The summed E-state index contributed by atoms with van der Waals surface area (Å²) in [5.41, 5.74) is -0.561. The van der Waals surface area contributed by atoms with Crippen molar-refractivity contribution in [2.24, 2.45) is 14.1 Å². The van der Waals surface area contributed by atoms with Crippen molar-refractivity contribution in [3.63, 3.8) is 0 Å². The lowest BCUT2D eigenvalue weighted by Gasteiger charge is -2.26. The standard InChI is InChI=1S/C18H28N6O6S2/c1-21-15-14(16(27)22(2)18(21)28)19-17(24(15)4-8-25)31-11-3-13(26)20-32(29)12-7-23-5-9-30-10-6-23/h25H,3-12H2,1-2H3,(H,20,26). The maximum Gasteiger partial charge on any atom is 0.332 e. The molecule has 2 aromatic rings. The highest BCUT2D eigenvalue weighted by Gasteiger charge is 2.19. The first-order valence-corrected chi connectivity index (χ1v) is 12.5. The first kappa shape index (κ1) is 24.6. The first-order valence-electron chi connectivity index (χ1n) is 10.2. The number of carbonyl (C=O) groups is 1. The van der Waals surface area contributed by atoms with Gasteiger partial charge in [-0.3, -0.25) is 28.3 Å². The van der Waals surface area contributed by atoms with Crippen molar-refractivity contribution >= 4 is 39.8 Å². The van der Waals surface area contributed by atoms with E-state index in [4.69, 9.17) is 4.74 Å². The molecule has 1 atom stereocenters. The fourth-order valence-corrected chi connectivity index (χ4v) is 5.22. The normalized spacial score (nSPS) is 15.8. The second-order valence-electron chi connectivity index (χ2n) is 7.27. The molecule has 1 aliphatic heterocycles. The number of imidazole rings is 1. The van der Waals surface area contributed by atoms with Gasteiger partial charge in [-0.05, 0) is 0 Å². The Bertz CT molecular complexity index is 1100. The van der Waals surface area contributed by atoms with E-state index in [0.29, 0.717) is 42.1 Å². The van der Waals surface area contributed by atoms with Gasteiger partial charge >= 0.3 is 5.69 Å². The molecule has 3 heterocycles. The average molecular weight is 489 g/mol. The number of aryl methyl sites for hydroxylation is 1. The zero-order chi connectivity index (χ0) is 23.3. The Morgan fingerprint density at radius 1 is 1.22 bits per heavy atom. The lowest BCUT2D eigenvalue weighted by atomic mass is 10.4. The van der Waals surface area contributed by atoms with Gasteiger partial charge in [-0.1, -0.05) is 11.8 Å². The number of thioether (sulfide) groups is 1. The number of carbonyl (C=O) groups excluding carboxylic acids is 1. The number of nitrogens with zero attached hydrogens (tertiary/aromatic N) is 5. The third kappa shape index (κ3) is 5.67. The fourth-order valence-electron chi connectivity index (χ4n) is 3.38. The molecule has 2 N–H and O–H groups in total. The Kier molecular flexibility index (Phi) is 8.64. The van der Waals surface area contributed by atoms with Crippen LogP contribution >= 0.6 is 11.8 Å². The van der Waals surface area contributed by atoms with Gasteiger partial charge in [-0.25, -0.2) is 14.0 Å². The molecule has 0 aromatic carbocycles. The van der Waals surface area contributed by atoms with Crippen LogP contribution in [0.25, 0.3) is 11.2 Å². The van der Waals surface area contributed by atoms with Crippen molar-refractivity contribution in [1.82, 2.24) is 28.3 Å². The largest absolute Gasteiger partial charge is 0.395 e. The van der Waals surface area contributed by atoms with Crippen LogP contribution in [0.5, 0.6) is 0 Å². The zero-order valence-corrected chi connectivity index (χ0v) is 19.7. The Balaban J connectivity index is 1.59. The number of hydrogen-bond donors (Lipinski definition) is 2. The maximum absolute atomic E-state index is 12.4. The van der Waals surface area contributed by atoms with Gasteiger partial charge in [-0.2, -0.15) is 0 Å². The van der Waals surface area contributed by atoms with E-state index in [-0.39, 0.29) is 31.0 Å². The number of hydrogen-bond acceptors (Lipinski definition) is 9. The molecule has 1 fully saturated rings. The molecule has 0 aliphatic carbocycles. The molecule has 32 heavy (non-hydrogen) atoms. The van der Waals surface area contributed by atoms with Crippen molar-refractivity contribution in [3.8, 4) is 0 Å². The molecule has 3 rings (SSSR count). The van der Waals surface area contributed by atoms with Gasteiger partial charge in [0.15, 0.2) is 16.3 Å². The number of morpholine rings is 1. The highest BCUT2D eigenvalue weighted by molar-refractivity contribution is 7.99. The predicted molar refractivity (Wildman–Crippen MR) is 121 cm³/mol. The van der Waals surface area contributed by atoms with Crippen molar-refractivity contribution in [1.29, 1.82) is 0 Å². The van der Waals surface area contributed by atoms with E-state index in [1.165, 1.54) is 30.4 Å². The Labute approximate surface area is 191 Å². The Hall–Kier alpha value is -2.00. The third-order valence-corrected chi connectivity index (χ3v) is 7.10. The van der Waals surface area contributed by atoms with Crippen LogP contribution in [-0.2, 0) is 41.2 Å². The van der Waals surface area contributed by atoms with Gasteiger partial charge in [-0.15, -0.1) is 0 Å². The molecule has 14 heteroatoms. The highest BCUT2D eigenvalue weighted by atomic mass is 32.2. The summed E-state index contributed by atoms with van der Waals surface area (Å²) in [6.45, 7) is 3.50. The number of aliphatic hydroxyl groups excluding tert-OH is 1. The molecule has 1 unspecified atom stereocenters. The van der Waals surface area contributed by atoms with Crippen LogP contribution < -0.4 is 16.0 Å². The summed E-state index contributed by atoms with van der Waals surface area (Å²) in [6.07, 6.45) is 0.104. The minimum absolute atomic E-state index is 0.104. The molecule has 0 spiro atoms. The Morgan fingerprint density at radius 3 is 2.62 bits per heavy atom. The van der Waals surface area contributed by atoms with Crippen molar-refractivity contribution in [2.45, 2.75) is 18.1 Å². The van der Waals surface area contributed by atoms with E-state index in [0.717, 1.165) is 17.7 Å². The number of rotatable bonds is 10. The summed E-state index contributed by atoms with van der Waals surface area (Å²) in [4.78, 5) is 43.3. The summed E-state index contributed by atoms with van der Waals surface area (Å²) in [6, 6.07) is 0. The fraction of sp³-hybridized carbons (Fsp3) is 0.667. The summed E-state index contributed by atoms with van der Waals surface area (Å²) in [5.74, 6) is 0.337.